The molecule has 2 fully saturated rings. The third-order valence-electron chi connectivity index (χ3n) is 2.82. The highest BCUT2D eigenvalue weighted by Crippen LogP contribution is 2.15. The van der Waals surface area contributed by atoms with Crippen LogP contribution in [0.4, 0.5) is 0 Å². The van der Waals surface area contributed by atoms with Gasteiger partial charge in [-0.1, -0.05) is 6.92 Å². The zero-order chi connectivity index (χ0) is 11.8. The van der Waals surface area contributed by atoms with Gasteiger partial charge < -0.3 is 14.6 Å². The number of aliphatic hydroxyl groups is 1. The molecule has 94 valence electrons. The number of cyclic esters (lactones) is 1. The second-order valence-electron chi connectivity index (χ2n) is 4.23. The van der Waals surface area contributed by atoms with Crippen molar-refractivity contribution >= 4 is 5.97 Å². The molecule has 2 unspecified atom stereocenters. The number of hydrogen-bond donors (Lipinski definition) is 1. The van der Waals surface area contributed by atoms with E-state index in [2.05, 4.69) is 0 Å². The molecular weight excluding hydrogens is 208 g/mol. The van der Waals surface area contributed by atoms with Gasteiger partial charge in [-0.15, -0.1) is 0 Å². The first-order valence-electron chi connectivity index (χ1n) is 6.21. The van der Waals surface area contributed by atoms with Gasteiger partial charge in [-0.05, 0) is 38.5 Å². The van der Waals surface area contributed by atoms with Crippen molar-refractivity contribution in [2.24, 2.45) is 0 Å². The number of carbonyl (C=O) groups is 1. The molecule has 0 bridgehead atoms. The Kier molecular flexibility index (Phi) is 6.42. The van der Waals surface area contributed by atoms with E-state index in [-0.39, 0.29) is 12.1 Å². The maximum atomic E-state index is 10.6. The van der Waals surface area contributed by atoms with Crippen LogP contribution in [-0.2, 0) is 14.3 Å². The van der Waals surface area contributed by atoms with Gasteiger partial charge in [-0.3, -0.25) is 4.79 Å². The molecule has 0 aromatic rings. The zero-order valence-corrected chi connectivity index (χ0v) is 9.98. The van der Waals surface area contributed by atoms with Crippen molar-refractivity contribution in [2.75, 3.05) is 6.61 Å². The van der Waals surface area contributed by atoms with E-state index >= 15 is 0 Å². The van der Waals surface area contributed by atoms with Crippen LogP contribution in [0.2, 0.25) is 0 Å². The summed E-state index contributed by atoms with van der Waals surface area (Å²) in [5.74, 6) is -0.0203. The fourth-order valence-electron chi connectivity index (χ4n) is 1.79. The molecule has 4 nitrogen and oxygen atoms in total. The van der Waals surface area contributed by atoms with Crippen LogP contribution in [0, 0.1) is 0 Å². The van der Waals surface area contributed by atoms with Gasteiger partial charge >= 0.3 is 5.97 Å². The predicted octanol–water partition coefficient (Wildman–Crippen LogP) is 2.00. The van der Waals surface area contributed by atoms with Crippen LogP contribution in [0.1, 0.15) is 51.9 Å². The Balaban J connectivity index is 0.000000165. The molecule has 2 aliphatic rings. The highest BCUT2D eigenvalue weighted by atomic mass is 16.6. The van der Waals surface area contributed by atoms with Crippen LogP contribution in [0.15, 0.2) is 0 Å². The summed E-state index contributed by atoms with van der Waals surface area (Å²) in [4.78, 5) is 10.6. The normalized spacial score (nSPS) is 30.0. The Morgan fingerprint density at radius 1 is 1.31 bits per heavy atom. The van der Waals surface area contributed by atoms with Crippen molar-refractivity contribution in [3.05, 3.63) is 0 Å². The molecule has 2 rings (SSSR count). The van der Waals surface area contributed by atoms with Gasteiger partial charge in [0, 0.05) is 13.0 Å². The molecule has 0 aromatic heterocycles. The van der Waals surface area contributed by atoms with Crippen LogP contribution in [0.3, 0.4) is 0 Å². The minimum Gasteiger partial charge on any atom is -0.462 e. The van der Waals surface area contributed by atoms with Gasteiger partial charge in [0.15, 0.2) is 6.29 Å². The quantitative estimate of drug-likeness (QED) is 0.700. The Labute approximate surface area is 96.9 Å². The van der Waals surface area contributed by atoms with Gasteiger partial charge in [0.1, 0.15) is 6.10 Å². The summed E-state index contributed by atoms with van der Waals surface area (Å²) >= 11 is 0. The van der Waals surface area contributed by atoms with Crippen molar-refractivity contribution in [3.8, 4) is 0 Å². The minimum absolute atomic E-state index is 0.0203. The fourth-order valence-corrected chi connectivity index (χ4v) is 1.79. The summed E-state index contributed by atoms with van der Waals surface area (Å²) in [7, 11) is 0. The van der Waals surface area contributed by atoms with E-state index in [0.717, 1.165) is 45.1 Å². The monoisotopic (exact) mass is 230 g/mol. The molecule has 0 spiro atoms. The molecule has 0 aliphatic carbocycles. The lowest BCUT2D eigenvalue weighted by molar-refractivity contribution is -0.153. The van der Waals surface area contributed by atoms with E-state index in [0.29, 0.717) is 6.42 Å². The van der Waals surface area contributed by atoms with E-state index < -0.39 is 6.29 Å². The molecule has 0 saturated carbocycles. The zero-order valence-electron chi connectivity index (χ0n) is 9.98. The van der Waals surface area contributed by atoms with Gasteiger partial charge in [0.25, 0.3) is 0 Å². The van der Waals surface area contributed by atoms with Crippen LogP contribution < -0.4 is 0 Å². The van der Waals surface area contributed by atoms with E-state index in [9.17, 15) is 4.79 Å². The summed E-state index contributed by atoms with van der Waals surface area (Å²) in [6, 6.07) is 0. The molecule has 0 amide bonds. The molecule has 2 aliphatic heterocycles. The van der Waals surface area contributed by atoms with Crippen molar-refractivity contribution < 1.29 is 19.4 Å². The summed E-state index contributed by atoms with van der Waals surface area (Å²) in [6.07, 6.45) is 6.44. The van der Waals surface area contributed by atoms with Crippen LogP contribution in [0.5, 0.6) is 0 Å². The van der Waals surface area contributed by atoms with Crippen LogP contribution in [0.25, 0.3) is 0 Å². The molecule has 2 saturated heterocycles. The first kappa shape index (κ1) is 13.5. The van der Waals surface area contributed by atoms with Gasteiger partial charge in [0.2, 0.25) is 0 Å². The Morgan fingerprint density at radius 3 is 2.50 bits per heavy atom. The molecule has 4 heteroatoms. The summed E-state index contributed by atoms with van der Waals surface area (Å²) < 4.78 is 9.83. The highest BCUT2D eigenvalue weighted by molar-refractivity contribution is 5.70. The molecule has 2 heterocycles. The Morgan fingerprint density at radius 2 is 2.12 bits per heavy atom. The van der Waals surface area contributed by atoms with Gasteiger partial charge in [-0.2, -0.15) is 0 Å². The average molecular weight is 230 g/mol. The maximum Gasteiger partial charge on any atom is 0.306 e. The minimum atomic E-state index is -0.464. The molecular formula is C12H22O4. The molecule has 1 N–H and O–H groups in total. The van der Waals surface area contributed by atoms with E-state index in [1.54, 1.807) is 0 Å². The van der Waals surface area contributed by atoms with Crippen molar-refractivity contribution in [2.45, 2.75) is 64.3 Å². The second-order valence-corrected chi connectivity index (χ2v) is 4.23. The lowest BCUT2D eigenvalue weighted by atomic mass is 10.1. The van der Waals surface area contributed by atoms with Crippen molar-refractivity contribution in [3.63, 3.8) is 0 Å². The SMILES string of the molecule is CCC1CCCC(=O)O1.OC1CCCCO1. The van der Waals surface area contributed by atoms with E-state index in [1.165, 1.54) is 0 Å². The third-order valence-corrected chi connectivity index (χ3v) is 2.82. The Hall–Kier alpha value is -0.610. The standard InChI is InChI=1S/C7H12O2.C5H10O2/c1-2-6-4-3-5-7(8)9-6;6-5-3-1-2-4-7-5/h6H,2-5H2,1H3;5-6H,1-4H2. The van der Waals surface area contributed by atoms with Crippen molar-refractivity contribution in [1.82, 2.24) is 0 Å². The highest BCUT2D eigenvalue weighted by Gasteiger charge is 2.17. The van der Waals surface area contributed by atoms with Gasteiger partial charge in [0.05, 0.1) is 0 Å². The first-order valence-corrected chi connectivity index (χ1v) is 6.21. The van der Waals surface area contributed by atoms with Gasteiger partial charge in [-0.25, -0.2) is 0 Å². The smallest absolute Gasteiger partial charge is 0.306 e. The Bertz CT molecular complexity index is 199. The topological polar surface area (TPSA) is 55.8 Å². The summed E-state index contributed by atoms with van der Waals surface area (Å²) in [5, 5.41) is 8.69. The molecule has 16 heavy (non-hydrogen) atoms. The molecule has 0 radical (unpaired) electrons. The number of ether oxygens (including phenoxy) is 2. The second kappa shape index (κ2) is 7.63. The first-order chi connectivity index (χ1) is 7.72. The third kappa shape index (κ3) is 5.47. The van der Waals surface area contributed by atoms with E-state index in [4.69, 9.17) is 14.6 Å². The fraction of sp³-hybridized carbons (Fsp3) is 0.917. The van der Waals surface area contributed by atoms with Crippen molar-refractivity contribution in [1.29, 1.82) is 0 Å². The largest absolute Gasteiger partial charge is 0.462 e. The maximum absolute atomic E-state index is 10.6. The lowest BCUT2D eigenvalue weighted by Gasteiger charge is -2.20. The number of aliphatic hydroxyl groups excluding tert-OH is 1. The number of carbonyl (C=O) groups excluding carboxylic acids is 1. The molecule has 0 aromatic carbocycles. The van der Waals surface area contributed by atoms with Crippen LogP contribution in [-0.4, -0.2) is 30.1 Å². The summed E-state index contributed by atoms with van der Waals surface area (Å²) in [6.45, 7) is 2.78. The molecule has 2 atom stereocenters. The number of rotatable bonds is 1. The van der Waals surface area contributed by atoms with E-state index in [1.807, 2.05) is 6.92 Å². The number of esters is 1. The average Bonchev–Trinajstić information content (AvgIpc) is 2.31. The lowest BCUT2D eigenvalue weighted by Crippen LogP contribution is -2.22. The van der Waals surface area contributed by atoms with Crippen LogP contribution >= 0.6 is 0 Å². The number of hydrogen-bond acceptors (Lipinski definition) is 4. The summed E-state index contributed by atoms with van der Waals surface area (Å²) in [5.41, 5.74) is 0. The predicted molar refractivity (Wildman–Crippen MR) is 59.8 cm³/mol.